The van der Waals surface area contributed by atoms with E-state index in [9.17, 15) is 9.90 Å². The van der Waals surface area contributed by atoms with E-state index in [0.717, 1.165) is 51.7 Å². The van der Waals surface area contributed by atoms with Crippen molar-refractivity contribution in [2.45, 2.75) is 63.0 Å². The number of carbonyl (C=O) groups excluding carboxylic acids is 1. The predicted octanol–water partition coefficient (Wildman–Crippen LogP) is 1.28. The van der Waals surface area contributed by atoms with E-state index in [1.807, 2.05) is 4.90 Å². The molecule has 0 aromatic rings. The van der Waals surface area contributed by atoms with Crippen LogP contribution in [0.5, 0.6) is 0 Å². The van der Waals surface area contributed by atoms with Crippen LogP contribution in [0.4, 0.5) is 0 Å². The van der Waals surface area contributed by atoms with E-state index in [-0.39, 0.29) is 5.91 Å². The van der Waals surface area contributed by atoms with Crippen LogP contribution in [-0.2, 0) is 4.79 Å². The minimum atomic E-state index is -0.472. The van der Waals surface area contributed by atoms with Crippen molar-refractivity contribution in [3.05, 3.63) is 0 Å². The highest BCUT2D eigenvalue weighted by atomic mass is 16.3. The minimum Gasteiger partial charge on any atom is -0.389 e. The quantitative estimate of drug-likeness (QED) is 0.791. The highest BCUT2D eigenvalue weighted by molar-refractivity contribution is 5.77. The highest BCUT2D eigenvalue weighted by Gasteiger charge is 2.43. The zero-order valence-electron chi connectivity index (χ0n) is 11.7. The number of fused-ring (bicyclic) bond motifs is 1. The van der Waals surface area contributed by atoms with E-state index < -0.39 is 5.60 Å². The molecule has 3 rings (SSSR count). The number of likely N-dealkylation sites (tertiary alicyclic amines) is 1. The number of piperidine rings is 1. The van der Waals surface area contributed by atoms with Gasteiger partial charge in [-0.1, -0.05) is 12.8 Å². The lowest BCUT2D eigenvalue weighted by Crippen LogP contribution is -2.55. The first-order chi connectivity index (χ1) is 9.17. The molecule has 3 aliphatic rings. The summed E-state index contributed by atoms with van der Waals surface area (Å²) in [4.78, 5) is 14.3. The summed E-state index contributed by atoms with van der Waals surface area (Å²) < 4.78 is 0. The fourth-order valence-electron chi connectivity index (χ4n) is 4.07. The van der Waals surface area contributed by atoms with Gasteiger partial charge in [0.15, 0.2) is 0 Å². The first-order valence-corrected chi connectivity index (χ1v) is 7.91. The summed E-state index contributed by atoms with van der Waals surface area (Å²) >= 11 is 0. The van der Waals surface area contributed by atoms with Crippen LogP contribution in [0.1, 0.15) is 51.4 Å². The van der Waals surface area contributed by atoms with Crippen molar-refractivity contribution < 1.29 is 9.90 Å². The Hall–Kier alpha value is -0.610. The molecule has 1 amide bonds. The van der Waals surface area contributed by atoms with Gasteiger partial charge >= 0.3 is 0 Å². The summed E-state index contributed by atoms with van der Waals surface area (Å²) in [5, 5.41) is 14.0. The number of nitrogens with zero attached hydrogens (tertiary/aromatic N) is 1. The lowest BCUT2D eigenvalue weighted by atomic mass is 9.71. The van der Waals surface area contributed by atoms with E-state index in [4.69, 9.17) is 0 Å². The molecule has 0 radical (unpaired) electrons. The highest BCUT2D eigenvalue weighted by Crippen LogP contribution is 2.39. The maximum Gasteiger partial charge on any atom is 0.224 e. The van der Waals surface area contributed by atoms with Crippen molar-refractivity contribution in [1.82, 2.24) is 10.2 Å². The Kier molecular flexibility index (Phi) is 3.81. The summed E-state index contributed by atoms with van der Waals surface area (Å²) in [5.41, 5.74) is -0.472. The molecule has 3 unspecified atom stereocenters. The maximum atomic E-state index is 12.3. The fourth-order valence-corrected chi connectivity index (χ4v) is 4.07. The van der Waals surface area contributed by atoms with E-state index in [2.05, 4.69) is 5.32 Å². The second-order valence-corrected chi connectivity index (χ2v) is 6.63. The molecule has 2 N–H and O–H groups in total. The van der Waals surface area contributed by atoms with Gasteiger partial charge in [-0.05, 0) is 38.6 Å². The van der Waals surface area contributed by atoms with Crippen LogP contribution in [0, 0.1) is 5.92 Å². The van der Waals surface area contributed by atoms with Crippen molar-refractivity contribution in [2.24, 2.45) is 5.92 Å². The molecule has 0 bridgehead atoms. The Morgan fingerprint density at radius 1 is 1.26 bits per heavy atom. The van der Waals surface area contributed by atoms with Gasteiger partial charge in [0, 0.05) is 31.5 Å². The van der Waals surface area contributed by atoms with E-state index in [0.29, 0.717) is 18.4 Å². The van der Waals surface area contributed by atoms with Gasteiger partial charge in [0.25, 0.3) is 0 Å². The molecule has 4 nitrogen and oxygen atoms in total. The number of hydrogen-bond donors (Lipinski definition) is 2. The molecule has 2 aliphatic heterocycles. The average Bonchev–Trinajstić information content (AvgIpc) is 2.90. The maximum absolute atomic E-state index is 12.3. The van der Waals surface area contributed by atoms with Gasteiger partial charge in [0.2, 0.25) is 5.91 Å². The van der Waals surface area contributed by atoms with Gasteiger partial charge in [-0.25, -0.2) is 0 Å². The van der Waals surface area contributed by atoms with Gasteiger partial charge in [0.05, 0.1) is 5.60 Å². The molecule has 2 saturated heterocycles. The molecular formula is C15H26N2O2. The second kappa shape index (κ2) is 5.41. The Bertz CT molecular complexity index is 341. The van der Waals surface area contributed by atoms with Crippen molar-refractivity contribution in [1.29, 1.82) is 0 Å². The summed E-state index contributed by atoms with van der Waals surface area (Å²) in [5.74, 6) is 0.600. The normalized spacial score (nSPS) is 39.1. The molecule has 1 saturated carbocycles. The smallest absolute Gasteiger partial charge is 0.224 e. The Morgan fingerprint density at radius 3 is 2.95 bits per heavy atom. The topological polar surface area (TPSA) is 52.6 Å². The summed E-state index contributed by atoms with van der Waals surface area (Å²) in [6, 6.07) is 0.389. The van der Waals surface area contributed by atoms with Crippen LogP contribution in [0.3, 0.4) is 0 Å². The third-order valence-corrected chi connectivity index (χ3v) is 5.36. The summed E-state index contributed by atoms with van der Waals surface area (Å²) in [6.07, 6.45) is 8.12. The Labute approximate surface area is 115 Å². The number of aliphatic hydroxyl groups is 1. The Balaban J connectivity index is 1.56. The molecule has 0 aromatic heterocycles. The molecule has 3 fully saturated rings. The molecule has 0 aromatic carbocycles. The first-order valence-electron chi connectivity index (χ1n) is 7.91. The second-order valence-electron chi connectivity index (χ2n) is 6.63. The van der Waals surface area contributed by atoms with Crippen LogP contribution in [0.25, 0.3) is 0 Å². The third-order valence-electron chi connectivity index (χ3n) is 5.36. The zero-order chi connectivity index (χ0) is 13.3. The number of carbonyl (C=O) groups is 1. The molecule has 0 spiro atoms. The largest absolute Gasteiger partial charge is 0.389 e. The van der Waals surface area contributed by atoms with E-state index >= 15 is 0 Å². The Morgan fingerprint density at radius 2 is 2.16 bits per heavy atom. The molecule has 1 aliphatic carbocycles. The molecule has 4 heteroatoms. The monoisotopic (exact) mass is 266 g/mol. The number of hydrogen-bond acceptors (Lipinski definition) is 3. The fraction of sp³-hybridized carbons (Fsp3) is 0.933. The van der Waals surface area contributed by atoms with Crippen LogP contribution < -0.4 is 5.32 Å². The van der Waals surface area contributed by atoms with Gasteiger partial charge in [-0.2, -0.15) is 0 Å². The van der Waals surface area contributed by atoms with E-state index in [1.165, 1.54) is 12.8 Å². The zero-order valence-corrected chi connectivity index (χ0v) is 11.7. The van der Waals surface area contributed by atoms with Gasteiger partial charge in [-0.15, -0.1) is 0 Å². The summed E-state index contributed by atoms with van der Waals surface area (Å²) in [6.45, 7) is 2.58. The average molecular weight is 266 g/mol. The van der Waals surface area contributed by atoms with Crippen LogP contribution in [-0.4, -0.2) is 47.2 Å². The van der Waals surface area contributed by atoms with Crippen molar-refractivity contribution in [2.75, 3.05) is 19.6 Å². The molecule has 108 valence electrons. The molecule has 2 heterocycles. The molecule has 3 atom stereocenters. The van der Waals surface area contributed by atoms with Crippen molar-refractivity contribution in [3.8, 4) is 0 Å². The number of nitrogens with one attached hydrogen (secondary N) is 1. The predicted molar refractivity (Wildman–Crippen MR) is 73.7 cm³/mol. The van der Waals surface area contributed by atoms with Gasteiger partial charge in [-0.3, -0.25) is 4.79 Å². The van der Waals surface area contributed by atoms with Crippen molar-refractivity contribution in [3.63, 3.8) is 0 Å². The van der Waals surface area contributed by atoms with Gasteiger partial charge in [0.1, 0.15) is 0 Å². The third kappa shape index (κ3) is 2.79. The minimum absolute atomic E-state index is 0.284. The van der Waals surface area contributed by atoms with Crippen molar-refractivity contribution >= 4 is 5.91 Å². The van der Waals surface area contributed by atoms with Gasteiger partial charge < -0.3 is 15.3 Å². The lowest BCUT2D eigenvalue weighted by molar-refractivity contribution is -0.143. The SMILES string of the molecule is O=C(CC1CCCN1)N1CCC2(O)CCCCC2C1. The molecule has 19 heavy (non-hydrogen) atoms. The first kappa shape index (κ1) is 13.4. The number of rotatable bonds is 2. The molecular weight excluding hydrogens is 240 g/mol. The van der Waals surface area contributed by atoms with Crippen LogP contribution in [0.2, 0.25) is 0 Å². The van der Waals surface area contributed by atoms with Crippen LogP contribution in [0.15, 0.2) is 0 Å². The standard InChI is InChI=1S/C15H26N2O2/c18-14(10-13-5-3-8-16-13)17-9-7-15(19)6-2-1-4-12(15)11-17/h12-13,16,19H,1-11H2. The number of amides is 1. The van der Waals surface area contributed by atoms with Crippen LogP contribution >= 0.6 is 0 Å². The van der Waals surface area contributed by atoms with E-state index in [1.54, 1.807) is 0 Å². The lowest BCUT2D eigenvalue weighted by Gasteiger charge is -2.47. The summed E-state index contributed by atoms with van der Waals surface area (Å²) in [7, 11) is 0.